The van der Waals surface area contributed by atoms with Gasteiger partial charge in [-0.25, -0.2) is 0 Å². The molecule has 1 aliphatic rings. The van der Waals surface area contributed by atoms with Crippen molar-refractivity contribution in [3.63, 3.8) is 0 Å². The van der Waals surface area contributed by atoms with Gasteiger partial charge in [0.2, 0.25) is 0 Å². The van der Waals surface area contributed by atoms with Gasteiger partial charge in [0.05, 0.1) is 6.42 Å². The van der Waals surface area contributed by atoms with Gasteiger partial charge in [0, 0.05) is 30.5 Å². The maximum atomic E-state index is 5.37. The summed E-state index contributed by atoms with van der Waals surface area (Å²) in [5, 5.41) is 7.37. The average Bonchev–Trinajstić information content (AvgIpc) is 3.16. The summed E-state index contributed by atoms with van der Waals surface area (Å²) in [6.07, 6.45) is 2.35. The number of benzene rings is 1. The first-order chi connectivity index (χ1) is 10.4. The van der Waals surface area contributed by atoms with Gasteiger partial charge in [0.1, 0.15) is 0 Å². The van der Waals surface area contributed by atoms with Gasteiger partial charge in [-0.3, -0.25) is 4.98 Å². The van der Waals surface area contributed by atoms with Gasteiger partial charge in [-0.15, -0.1) is 0 Å². The van der Waals surface area contributed by atoms with Gasteiger partial charge >= 0.3 is 0 Å². The number of hydrogen-bond acceptors (Lipinski definition) is 5. The number of aromatic nitrogens is 3. The molecule has 21 heavy (non-hydrogen) atoms. The number of rotatable bonds is 3. The van der Waals surface area contributed by atoms with E-state index in [1.807, 2.05) is 24.3 Å². The number of nitrogens with one attached hydrogen (secondary N) is 1. The average molecular weight is 278 g/mol. The number of pyridine rings is 1. The normalized spacial score (nSPS) is 13.3. The molecule has 1 N–H and O–H groups in total. The molecule has 104 valence electrons. The fourth-order valence-corrected chi connectivity index (χ4v) is 2.54. The fraction of sp³-hybridized carbons (Fsp3) is 0.188. The Balaban J connectivity index is 1.59. The van der Waals surface area contributed by atoms with E-state index >= 15 is 0 Å². The second kappa shape index (κ2) is 5.10. The smallest absolute Gasteiger partial charge is 0.257 e. The van der Waals surface area contributed by atoms with E-state index in [1.54, 1.807) is 6.20 Å². The van der Waals surface area contributed by atoms with Crippen LogP contribution in [0.25, 0.3) is 11.5 Å². The van der Waals surface area contributed by atoms with E-state index in [9.17, 15) is 0 Å². The molecule has 0 radical (unpaired) electrons. The molecule has 1 aromatic carbocycles. The Bertz CT molecular complexity index is 767. The quantitative estimate of drug-likeness (QED) is 0.796. The third kappa shape index (κ3) is 2.43. The largest absolute Gasteiger partial charge is 0.334 e. The van der Waals surface area contributed by atoms with Crippen LogP contribution < -0.4 is 5.32 Å². The van der Waals surface area contributed by atoms with Gasteiger partial charge in [0.25, 0.3) is 5.89 Å². The molecule has 0 atom stereocenters. The molecule has 0 saturated heterocycles. The molecular weight excluding hydrogens is 264 g/mol. The molecule has 1 aliphatic heterocycles. The molecule has 2 aromatic heterocycles. The maximum Gasteiger partial charge on any atom is 0.257 e. The molecule has 3 heterocycles. The first kappa shape index (κ1) is 12.2. The highest BCUT2D eigenvalue weighted by Crippen LogP contribution is 2.24. The van der Waals surface area contributed by atoms with E-state index in [0.29, 0.717) is 18.1 Å². The van der Waals surface area contributed by atoms with Crippen LogP contribution in [0.1, 0.15) is 22.6 Å². The molecule has 0 bridgehead atoms. The first-order valence-corrected chi connectivity index (χ1v) is 6.94. The van der Waals surface area contributed by atoms with Crippen LogP contribution in [0.3, 0.4) is 0 Å². The summed E-state index contributed by atoms with van der Waals surface area (Å²) in [7, 11) is 0. The summed E-state index contributed by atoms with van der Waals surface area (Å²) in [4.78, 5) is 8.74. The predicted molar refractivity (Wildman–Crippen MR) is 77.3 cm³/mol. The SMILES string of the molecule is c1ccc(Cc2noc(-c3ccc4c(c3)CNC4)n2)nc1. The molecule has 0 saturated carbocycles. The lowest BCUT2D eigenvalue weighted by atomic mass is 10.1. The Hall–Kier alpha value is -2.53. The van der Waals surface area contributed by atoms with Crippen molar-refractivity contribution < 1.29 is 4.52 Å². The minimum absolute atomic E-state index is 0.565. The van der Waals surface area contributed by atoms with Gasteiger partial charge in [0.15, 0.2) is 5.82 Å². The summed E-state index contributed by atoms with van der Waals surface area (Å²) in [5.41, 5.74) is 4.55. The van der Waals surface area contributed by atoms with Crippen molar-refractivity contribution in [1.82, 2.24) is 20.4 Å². The maximum absolute atomic E-state index is 5.37. The second-order valence-corrected chi connectivity index (χ2v) is 5.10. The Morgan fingerprint density at radius 2 is 2.05 bits per heavy atom. The minimum atomic E-state index is 0.565. The summed E-state index contributed by atoms with van der Waals surface area (Å²) in [5.74, 6) is 1.22. The fourth-order valence-electron chi connectivity index (χ4n) is 2.54. The van der Waals surface area contributed by atoms with Crippen LogP contribution in [-0.4, -0.2) is 15.1 Å². The van der Waals surface area contributed by atoms with Gasteiger partial charge < -0.3 is 9.84 Å². The lowest BCUT2D eigenvalue weighted by Gasteiger charge is -1.99. The summed E-state index contributed by atoms with van der Waals surface area (Å²) in [6.45, 7) is 1.84. The van der Waals surface area contributed by atoms with Crippen LogP contribution in [0.15, 0.2) is 47.1 Å². The van der Waals surface area contributed by atoms with Crippen LogP contribution in [-0.2, 0) is 19.5 Å². The highest BCUT2D eigenvalue weighted by Gasteiger charge is 2.14. The first-order valence-electron chi connectivity index (χ1n) is 6.94. The molecule has 0 aliphatic carbocycles. The van der Waals surface area contributed by atoms with Crippen molar-refractivity contribution in [2.45, 2.75) is 19.5 Å². The molecule has 0 spiro atoms. The number of fused-ring (bicyclic) bond motifs is 1. The molecular formula is C16H14N4O. The molecule has 5 nitrogen and oxygen atoms in total. The zero-order chi connectivity index (χ0) is 14.1. The zero-order valence-corrected chi connectivity index (χ0v) is 11.4. The van der Waals surface area contributed by atoms with Crippen molar-refractivity contribution in [3.05, 3.63) is 65.2 Å². The molecule has 0 fully saturated rings. The van der Waals surface area contributed by atoms with E-state index in [0.717, 1.165) is 24.3 Å². The highest BCUT2D eigenvalue weighted by atomic mass is 16.5. The van der Waals surface area contributed by atoms with Crippen LogP contribution >= 0.6 is 0 Å². The standard InChI is InChI=1S/C16H14N4O/c1-2-6-18-14(3-1)8-15-19-16(21-20-15)11-4-5-12-9-17-10-13(12)7-11/h1-7,17H,8-10H2. The van der Waals surface area contributed by atoms with E-state index in [-0.39, 0.29) is 0 Å². The molecule has 0 amide bonds. The van der Waals surface area contributed by atoms with Gasteiger partial charge in [-0.1, -0.05) is 17.3 Å². The molecule has 0 unspecified atom stereocenters. The van der Waals surface area contributed by atoms with Crippen molar-refractivity contribution in [1.29, 1.82) is 0 Å². The molecule has 4 rings (SSSR count). The Morgan fingerprint density at radius 3 is 2.95 bits per heavy atom. The molecule has 3 aromatic rings. The predicted octanol–water partition coefficient (Wildman–Crippen LogP) is 2.33. The summed E-state index contributed by atoms with van der Waals surface area (Å²) < 4.78 is 5.37. The highest BCUT2D eigenvalue weighted by molar-refractivity contribution is 5.56. The Kier molecular flexibility index (Phi) is 2.97. The molecule has 5 heteroatoms. The van der Waals surface area contributed by atoms with Crippen molar-refractivity contribution in [2.75, 3.05) is 0 Å². The lowest BCUT2D eigenvalue weighted by molar-refractivity contribution is 0.423. The van der Waals surface area contributed by atoms with E-state index < -0.39 is 0 Å². The third-order valence-corrected chi connectivity index (χ3v) is 3.62. The van der Waals surface area contributed by atoms with Crippen molar-refractivity contribution in [3.8, 4) is 11.5 Å². The van der Waals surface area contributed by atoms with Crippen LogP contribution in [0.4, 0.5) is 0 Å². The summed E-state index contributed by atoms with van der Waals surface area (Å²) >= 11 is 0. The Labute approximate surface area is 122 Å². The van der Waals surface area contributed by atoms with Crippen molar-refractivity contribution >= 4 is 0 Å². The number of hydrogen-bond donors (Lipinski definition) is 1. The van der Waals surface area contributed by atoms with E-state index in [1.165, 1.54) is 11.1 Å². The van der Waals surface area contributed by atoms with Crippen LogP contribution in [0.5, 0.6) is 0 Å². The van der Waals surface area contributed by atoms with Crippen LogP contribution in [0.2, 0.25) is 0 Å². The number of nitrogens with zero attached hydrogens (tertiary/aromatic N) is 3. The third-order valence-electron chi connectivity index (χ3n) is 3.62. The zero-order valence-electron chi connectivity index (χ0n) is 11.4. The monoisotopic (exact) mass is 278 g/mol. The summed E-state index contributed by atoms with van der Waals surface area (Å²) in [6, 6.07) is 12.1. The minimum Gasteiger partial charge on any atom is -0.334 e. The van der Waals surface area contributed by atoms with Gasteiger partial charge in [-0.05, 0) is 35.4 Å². The van der Waals surface area contributed by atoms with Crippen molar-refractivity contribution in [2.24, 2.45) is 0 Å². The van der Waals surface area contributed by atoms with Crippen LogP contribution in [0, 0.1) is 0 Å². The van der Waals surface area contributed by atoms with Gasteiger partial charge in [-0.2, -0.15) is 4.98 Å². The van der Waals surface area contributed by atoms with E-state index in [4.69, 9.17) is 4.52 Å². The van der Waals surface area contributed by atoms with E-state index in [2.05, 4.69) is 32.6 Å². The lowest BCUT2D eigenvalue weighted by Crippen LogP contribution is -1.99. The Morgan fingerprint density at radius 1 is 1.10 bits per heavy atom. The second-order valence-electron chi connectivity index (χ2n) is 5.10. The topological polar surface area (TPSA) is 63.8 Å².